The van der Waals surface area contributed by atoms with Crippen LogP contribution in [0.15, 0.2) is 60.7 Å². The van der Waals surface area contributed by atoms with Gasteiger partial charge in [-0.25, -0.2) is 0 Å². The van der Waals surface area contributed by atoms with Gasteiger partial charge in [0.1, 0.15) is 12.6 Å². The molecular weight excluding hydrogens is 537 g/mol. The van der Waals surface area contributed by atoms with Crippen molar-refractivity contribution in [1.82, 2.24) is 15.1 Å². The Morgan fingerprint density at radius 2 is 1.73 bits per heavy atom. The highest BCUT2D eigenvalue weighted by Gasteiger charge is 2.58. The molecule has 2 aliphatic rings. The van der Waals surface area contributed by atoms with Crippen molar-refractivity contribution in [1.29, 1.82) is 0 Å². The van der Waals surface area contributed by atoms with E-state index in [1.54, 1.807) is 30.3 Å². The lowest BCUT2D eigenvalue weighted by Gasteiger charge is -2.43. The van der Waals surface area contributed by atoms with Crippen LogP contribution >= 0.6 is 0 Å². The zero-order chi connectivity index (χ0) is 29.8. The van der Waals surface area contributed by atoms with Gasteiger partial charge in [0.25, 0.3) is 0 Å². The number of rotatable bonds is 9. The molecule has 8 nitrogen and oxygen atoms in total. The molecule has 0 unspecified atom stereocenters. The van der Waals surface area contributed by atoms with Crippen LogP contribution in [-0.2, 0) is 25.7 Å². The minimum atomic E-state index is -4.55. The summed E-state index contributed by atoms with van der Waals surface area (Å²) in [5.74, 6) is -2.16. The van der Waals surface area contributed by atoms with E-state index >= 15 is 0 Å². The Bertz CT molecular complexity index is 1220. The lowest BCUT2D eigenvalue weighted by atomic mass is 9.69. The lowest BCUT2D eigenvalue weighted by molar-refractivity contribution is -0.163. The number of piperidine rings is 1. The van der Waals surface area contributed by atoms with Gasteiger partial charge in [-0.2, -0.15) is 13.2 Å². The first-order chi connectivity index (χ1) is 19.3. The van der Waals surface area contributed by atoms with E-state index in [1.807, 2.05) is 30.3 Å². The van der Waals surface area contributed by atoms with Crippen LogP contribution in [0.1, 0.15) is 43.7 Å². The normalized spacial score (nSPS) is 22.2. The number of likely N-dealkylation sites (tertiary alicyclic amines) is 2. The van der Waals surface area contributed by atoms with Gasteiger partial charge in [0.05, 0.1) is 24.2 Å². The van der Waals surface area contributed by atoms with Gasteiger partial charge in [-0.15, -0.1) is 0 Å². The largest absolute Gasteiger partial charge is 0.406 e. The monoisotopic (exact) mass is 574 g/mol. The molecule has 11 heteroatoms. The fourth-order valence-electron chi connectivity index (χ4n) is 5.74. The SMILES string of the molecule is CC(C)(N)C(=O)N[C@H](COCc1ccccc1)C(=O)N1CCC[C@@]2(C1)C(=O)N(CC(F)(F)F)C[C@H]2c1ccccc1. The van der Waals surface area contributed by atoms with E-state index in [1.165, 1.54) is 18.7 Å². The standard InChI is InChI=1S/C30H37F3N4O4/c1-28(2,34)26(39)35-24(18-41-17-21-10-5-3-6-11-21)25(38)36-15-9-14-29(19-36)23(22-12-7-4-8-13-22)16-37(27(29)40)20-30(31,32)33/h3-8,10-13,23-24H,9,14-20,34H2,1-2H3,(H,35,39)/t23-,24+,29-/m0/s1. The Morgan fingerprint density at radius 1 is 1.10 bits per heavy atom. The first-order valence-corrected chi connectivity index (χ1v) is 13.7. The van der Waals surface area contributed by atoms with Crippen molar-refractivity contribution in [3.63, 3.8) is 0 Å². The number of halogens is 3. The van der Waals surface area contributed by atoms with Crippen LogP contribution in [0, 0.1) is 5.41 Å². The summed E-state index contributed by atoms with van der Waals surface area (Å²) in [6.45, 7) is 1.89. The summed E-state index contributed by atoms with van der Waals surface area (Å²) in [6, 6.07) is 17.2. The Labute approximate surface area is 238 Å². The summed E-state index contributed by atoms with van der Waals surface area (Å²) < 4.78 is 46.0. The maximum Gasteiger partial charge on any atom is 0.406 e. The van der Waals surface area contributed by atoms with Crippen LogP contribution < -0.4 is 11.1 Å². The average molecular weight is 575 g/mol. The molecule has 0 aromatic heterocycles. The highest BCUT2D eigenvalue weighted by molar-refractivity contribution is 5.93. The number of alkyl halides is 3. The first kappa shape index (κ1) is 30.5. The Kier molecular flexibility index (Phi) is 9.08. The van der Waals surface area contributed by atoms with Crippen LogP contribution in [0.3, 0.4) is 0 Å². The summed E-state index contributed by atoms with van der Waals surface area (Å²) in [4.78, 5) is 42.7. The predicted molar refractivity (Wildman–Crippen MR) is 146 cm³/mol. The number of hydrogen-bond donors (Lipinski definition) is 2. The molecule has 2 aromatic rings. The molecule has 0 saturated carbocycles. The lowest BCUT2D eigenvalue weighted by Crippen LogP contribution is -2.60. The molecule has 41 heavy (non-hydrogen) atoms. The fourth-order valence-corrected chi connectivity index (χ4v) is 5.74. The fraction of sp³-hybridized carbons (Fsp3) is 0.500. The minimum absolute atomic E-state index is 0.0599. The number of carbonyl (C=O) groups is 3. The van der Waals surface area contributed by atoms with Gasteiger partial charge in [-0.05, 0) is 37.8 Å². The molecule has 222 valence electrons. The van der Waals surface area contributed by atoms with E-state index in [9.17, 15) is 27.6 Å². The van der Waals surface area contributed by atoms with Gasteiger partial charge >= 0.3 is 6.18 Å². The summed E-state index contributed by atoms with van der Waals surface area (Å²) in [5.41, 5.74) is 5.12. The zero-order valence-electron chi connectivity index (χ0n) is 23.3. The van der Waals surface area contributed by atoms with Crippen molar-refractivity contribution < 1.29 is 32.3 Å². The van der Waals surface area contributed by atoms with E-state index < -0.39 is 53.4 Å². The molecule has 2 aromatic carbocycles. The van der Waals surface area contributed by atoms with Crippen molar-refractivity contribution in [2.45, 2.75) is 57.0 Å². The van der Waals surface area contributed by atoms with Crippen LogP contribution in [0.4, 0.5) is 13.2 Å². The topological polar surface area (TPSA) is 105 Å². The summed E-state index contributed by atoms with van der Waals surface area (Å²) >= 11 is 0. The maximum atomic E-state index is 13.9. The number of nitrogens with two attached hydrogens (primary N) is 1. The predicted octanol–water partition coefficient (Wildman–Crippen LogP) is 3.22. The second-order valence-electron chi connectivity index (χ2n) is 11.5. The molecule has 2 aliphatic heterocycles. The number of hydrogen-bond acceptors (Lipinski definition) is 5. The second kappa shape index (κ2) is 12.2. The smallest absolute Gasteiger partial charge is 0.374 e. The summed E-state index contributed by atoms with van der Waals surface area (Å²) in [6.07, 6.45) is -3.78. The third-order valence-electron chi connectivity index (χ3n) is 7.78. The van der Waals surface area contributed by atoms with Gasteiger partial charge in [-0.3, -0.25) is 14.4 Å². The molecule has 1 spiro atoms. The van der Waals surface area contributed by atoms with Gasteiger partial charge in [0, 0.05) is 25.6 Å². The molecule has 0 bridgehead atoms. The third-order valence-corrected chi connectivity index (χ3v) is 7.78. The summed E-state index contributed by atoms with van der Waals surface area (Å²) in [5, 5.41) is 2.69. The van der Waals surface area contributed by atoms with E-state index in [-0.39, 0.29) is 26.3 Å². The highest BCUT2D eigenvalue weighted by Crippen LogP contribution is 2.50. The van der Waals surface area contributed by atoms with Crippen molar-refractivity contribution in [2.24, 2.45) is 11.1 Å². The van der Waals surface area contributed by atoms with Crippen molar-refractivity contribution in [2.75, 3.05) is 32.8 Å². The molecule has 2 saturated heterocycles. The number of benzene rings is 2. The second-order valence-corrected chi connectivity index (χ2v) is 11.5. The number of carbonyl (C=O) groups excluding carboxylic acids is 3. The van der Waals surface area contributed by atoms with Crippen LogP contribution in [0.2, 0.25) is 0 Å². The van der Waals surface area contributed by atoms with Crippen molar-refractivity contribution >= 4 is 17.7 Å². The molecule has 3 N–H and O–H groups in total. The number of ether oxygens (including phenoxy) is 1. The van der Waals surface area contributed by atoms with E-state index in [4.69, 9.17) is 10.5 Å². The Morgan fingerprint density at radius 3 is 2.34 bits per heavy atom. The van der Waals surface area contributed by atoms with E-state index in [0.717, 1.165) is 16.0 Å². The summed E-state index contributed by atoms with van der Waals surface area (Å²) in [7, 11) is 0. The van der Waals surface area contributed by atoms with Crippen LogP contribution in [-0.4, -0.2) is 78.1 Å². The van der Waals surface area contributed by atoms with Gasteiger partial charge in [0.2, 0.25) is 17.7 Å². The Hall–Kier alpha value is -3.44. The first-order valence-electron chi connectivity index (χ1n) is 13.7. The molecule has 0 aliphatic carbocycles. The molecule has 2 fully saturated rings. The van der Waals surface area contributed by atoms with Crippen molar-refractivity contribution in [3.05, 3.63) is 71.8 Å². The van der Waals surface area contributed by atoms with Crippen LogP contribution in [0.5, 0.6) is 0 Å². The molecule has 3 amide bonds. The molecular formula is C30H37F3N4O4. The van der Waals surface area contributed by atoms with Gasteiger partial charge in [0.15, 0.2) is 0 Å². The Balaban J connectivity index is 1.58. The molecule has 0 radical (unpaired) electrons. The number of nitrogens with one attached hydrogen (secondary N) is 1. The third kappa shape index (κ3) is 7.26. The highest BCUT2D eigenvalue weighted by atomic mass is 19.4. The molecule has 4 rings (SSSR count). The maximum absolute atomic E-state index is 13.9. The quantitative estimate of drug-likeness (QED) is 0.479. The van der Waals surface area contributed by atoms with E-state index in [0.29, 0.717) is 19.4 Å². The van der Waals surface area contributed by atoms with Crippen LogP contribution in [0.25, 0.3) is 0 Å². The zero-order valence-corrected chi connectivity index (χ0v) is 23.3. The van der Waals surface area contributed by atoms with Gasteiger partial charge < -0.3 is 25.6 Å². The molecule has 2 heterocycles. The van der Waals surface area contributed by atoms with E-state index in [2.05, 4.69) is 5.32 Å². The van der Waals surface area contributed by atoms with Crippen molar-refractivity contribution in [3.8, 4) is 0 Å². The average Bonchev–Trinajstić information content (AvgIpc) is 3.17. The minimum Gasteiger partial charge on any atom is -0.374 e. The molecule has 3 atom stereocenters. The van der Waals surface area contributed by atoms with Gasteiger partial charge in [-0.1, -0.05) is 60.7 Å². The number of nitrogens with zero attached hydrogens (tertiary/aromatic N) is 2. The number of amides is 3.